The van der Waals surface area contributed by atoms with Crippen LogP contribution < -0.4 is 10.2 Å². The minimum absolute atomic E-state index is 0.228. The lowest BCUT2D eigenvalue weighted by atomic mass is 10.2. The molecule has 20 heavy (non-hydrogen) atoms. The second kappa shape index (κ2) is 6.29. The van der Waals surface area contributed by atoms with E-state index in [1.54, 1.807) is 0 Å². The Labute approximate surface area is 125 Å². The highest BCUT2D eigenvalue weighted by Crippen LogP contribution is 2.26. The zero-order chi connectivity index (χ0) is 13.9. The second-order valence-electron chi connectivity index (χ2n) is 5.79. The normalized spacial score (nSPS) is 23.7. The number of aromatic nitrogens is 1. The predicted octanol–water partition coefficient (Wildman–Crippen LogP) is 2.60. The molecule has 5 heteroatoms. The Balaban J connectivity index is 1.68. The van der Waals surface area contributed by atoms with Crippen molar-refractivity contribution in [3.05, 3.63) is 22.8 Å². The number of pyridine rings is 1. The predicted molar refractivity (Wildman–Crippen MR) is 81.4 cm³/mol. The van der Waals surface area contributed by atoms with Crippen LogP contribution in [0, 0.1) is 0 Å². The molecule has 0 radical (unpaired) electrons. The molecule has 1 saturated heterocycles. The summed E-state index contributed by atoms with van der Waals surface area (Å²) in [7, 11) is 0. The van der Waals surface area contributed by atoms with E-state index in [4.69, 9.17) is 16.3 Å². The highest BCUT2D eigenvalue weighted by molar-refractivity contribution is 6.33. The summed E-state index contributed by atoms with van der Waals surface area (Å²) in [6.07, 6.45) is 5.78. The van der Waals surface area contributed by atoms with Crippen molar-refractivity contribution in [2.45, 2.75) is 44.9 Å². The van der Waals surface area contributed by atoms with Crippen molar-refractivity contribution in [1.82, 2.24) is 10.3 Å². The summed E-state index contributed by atoms with van der Waals surface area (Å²) in [4.78, 5) is 6.81. The highest BCUT2D eigenvalue weighted by atomic mass is 35.5. The molecule has 0 amide bonds. The molecule has 2 heterocycles. The van der Waals surface area contributed by atoms with Crippen molar-refractivity contribution in [1.29, 1.82) is 0 Å². The van der Waals surface area contributed by atoms with Gasteiger partial charge in [0.2, 0.25) is 0 Å². The van der Waals surface area contributed by atoms with Gasteiger partial charge >= 0.3 is 0 Å². The first-order valence-corrected chi connectivity index (χ1v) is 7.84. The number of halogens is 1. The van der Waals surface area contributed by atoms with E-state index < -0.39 is 0 Å². The molecular weight excluding hydrogens is 274 g/mol. The van der Waals surface area contributed by atoms with E-state index in [1.165, 1.54) is 12.8 Å². The molecule has 1 atom stereocenters. The third-order valence-electron chi connectivity index (χ3n) is 3.80. The van der Waals surface area contributed by atoms with Gasteiger partial charge in [0, 0.05) is 38.5 Å². The van der Waals surface area contributed by atoms with Gasteiger partial charge in [-0.25, -0.2) is 4.98 Å². The van der Waals surface area contributed by atoms with Gasteiger partial charge in [-0.3, -0.25) is 0 Å². The number of hydrogen-bond acceptors (Lipinski definition) is 4. The van der Waals surface area contributed by atoms with Crippen molar-refractivity contribution < 1.29 is 4.74 Å². The van der Waals surface area contributed by atoms with Crippen LogP contribution in [0.15, 0.2) is 12.3 Å². The molecule has 1 unspecified atom stereocenters. The monoisotopic (exact) mass is 295 g/mol. The van der Waals surface area contributed by atoms with Gasteiger partial charge in [0.25, 0.3) is 0 Å². The van der Waals surface area contributed by atoms with Crippen LogP contribution in [-0.2, 0) is 11.3 Å². The molecule has 1 saturated carbocycles. The Kier molecular flexibility index (Phi) is 4.44. The van der Waals surface area contributed by atoms with Crippen LogP contribution in [0.2, 0.25) is 5.02 Å². The fraction of sp³-hybridized carbons (Fsp3) is 0.667. The van der Waals surface area contributed by atoms with Crippen molar-refractivity contribution >= 4 is 17.4 Å². The largest absolute Gasteiger partial charge is 0.377 e. The van der Waals surface area contributed by atoms with Gasteiger partial charge in [-0.2, -0.15) is 0 Å². The van der Waals surface area contributed by atoms with Crippen LogP contribution in [-0.4, -0.2) is 36.8 Å². The number of ether oxygens (including phenoxy) is 1. The highest BCUT2D eigenvalue weighted by Gasteiger charge is 2.21. The Bertz CT molecular complexity index is 464. The molecule has 1 aromatic heterocycles. The molecule has 0 aromatic carbocycles. The van der Waals surface area contributed by atoms with E-state index >= 15 is 0 Å². The zero-order valence-electron chi connectivity index (χ0n) is 11.9. The zero-order valence-corrected chi connectivity index (χ0v) is 12.7. The van der Waals surface area contributed by atoms with Gasteiger partial charge in [0.1, 0.15) is 5.82 Å². The van der Waals surface area contributed by atoms with E-state index in [9.17, 15) is 0 Å². The summed E-state index contributed by atoms with van der Waals surface area (Å²) < 4.78 is 5.67. The first-order chi connectivity index (χ1) is 9.72. The summed E-state index contributed by atoms with van der Waals surface area (Å²) in [5, 5.41) is 4.23. The van der Waals surface area contributed by atoms with Crippen LogP contribution in [0.4, 0.5) is 5.82 Å². The van der Waals surface area contributed by atoms with Gasteiger partial charge in [-0.15, -0.1) is 0 Å². The van der Waals surface area contributed by atoms with Gasteiger partial charge in [0.05, 0.1) is 11.1 Å². The van der Waals surface area contributed by atoms with Crippen LogP contribution in [0.3, 0.4) is 0 Å². The Morgan fingerprint density at radius 3 is 3.10 bits per heavy atom. The lowest BCUT2D eigenvalue weighted by Crippen LogP contribution is -2.31. The summed E-state index contributed by atoms with van der Waals surface area (Å²) in [6.45, 7) is 5.58. The Morgan fingerprint density at radius 1 is 1.50 bits per heavy atom. The maximum Gasteiger partial charge on any atom is 0.147 e. The molecule has 0 spiro atoms. The second-order valence-corrected chi connectivity index (χ2v) is 6.19. The molecule has 1 aromatic rings. The summed E-state index contributed by atoms with van der Waals surface area (Å²) in [5.41, 5.74) is 1.16. The summed E-state index contributed by atoms with van der Waals surface area (Å²) in [5.74, 6) is 0.888. The standard InChI is InChI=1S/C15H22ClN3O/c1-11-10-19(5-2-6-20-11)15-14(16)7-12(9-18-15)8-17-13-3-4-13/h7,9,11,13,17H,2-6,8,10H2,1H3. The third-order valence-corrected chi connectivity index (χ3v) is 4.08. The minimum atomic E-state index is 0.228. The number of nitrogens with zero attached hydrogens (tertiary/aromatic N) is 2. The fourth-order valence-corrected chi connectivity index (χ4v) is 2.84. The molecule has 1 N–H and O–H groups in total. The van der Waals surface area contributed by atoms with Crippen molar-refractivity contribution in [2.24, 2.45) is 0 Å². The van der Waals surface area contributed by atoms with Gasteiger partial charge in [-0.1, -0.05) is 11.6 Å². The van der Waals surface area contributed by atoms with E-state index in [0.717, 1.165) is 49.1 Å². The molecule has 4 nitrogen and oxygen atoms in total. The number of anilines is 1. The maximum absolute atomic E-state index is 6.42. The first kappa shape index (κ1) is 14.1. The lowest BCUT2D eigenvalue weighted by molar-refractivity contribution is 0.0820. The average molecular weight is 296 g/mol. The van der Waals surface area contributed by atoms with Crippen LogP contribution in [0.25, 0.3) is 0 Å². The first-order valence-electron chi connectivity index (χ1n) is 7.47. The van der Waals surface area contributed by atoms with Gasteiger partial charge in [-0.05, 0) is 37.8 Å². The van der Waals surface area contributed by atoms with Crippen LogP contribution in [0.5, 0.6) is 0 Å². The third kappa shape index (κ3) is 3.62. The SMILES string of the molecule is CC1CN(c2ncc(CNC3CC3)cc2Cl)CCCO1. The number of nitrogens with one attached hydrogen (secondary N) is 1. The molecule has 0 bridgehead atoms. The number of hydrogen-bond donors (Lipinski definition) is 1. The molecule has 2 aliphatic rings. The van der Waals surface area contributed by atoms with Crippen molar-refractivity contribution in [3.63, 3.8) is 0 Å². The van der Waals surface area contributed by atoms with E-state index in [0.29, 0.717) is 6.04 Å². The van der Waals surface area contributed by atoms with Gasteiger partial charge in [0.15, 0.2) is 0 Å². The van der Waals surface area contributed by atoms with Crippen molar-refractivity contribution in [3.8, 4) is 0 Å². The van der Waals surface area contributed by atoms with E-state index in [2.05, 4.69) is 22.1 Å². The Morgan fingerprint density at radius 2 is 2.35 bits per heavy atom. The summed E-state index contributed by atoms with van der Waals surface area (Å²) in [6, 6.07) is 2.74. The molecule has 2 fully saturated rings. The average Bonchev–Trinajstić information content (AvgIpc) is 3.24. The molecule has 1 aliphatic heterocycles. The quantitative estimate of drug-likeness (QED) is 0.926. The molecular formula is C15H22ClN3O. The summed E-state index contributed by atoms with van der Waals surface area (Å²) >= 11 is 6.42. The van der Waals surface area contributed by atoms with E-state index in [-0.39, 0.29) is 6.10 Å². The van der Waals surface area contributed by atoms with Crippen LogP contribution >= 0.6 is 11.6 Å². The van der Waals surface area contributed by atoms with Crippen molar-refractivity contribution in [2.75, 3.05) is 24.6 Å². The molecule has 3 rings (SSSR count). The lowest BCUT2D eigenvalue weighted by Gasteiger charge is -2.24. The molecule has 110 valence electrons. The topological polar surface area (TPSA) is 37.4 Å². The number of rotatable bonds is 4. The van der Waals surface area contributed by atoms with Gasteiger partial charge < -0.3 is 15.0 Å². The maximum atomic E-state index is 6.42. The smallest absolute Gasteiger partial charge is 0.147 e. The van der Waals surface area contributed by atoms with Crippen LogP contribution in [0.1, 0.15) is 31.7 Å². The Hall–Kier alpha value is -0.840. The minimum Gasteiger partial charge on any atom is -0.377 e. The van der Waals surface area contributed by atoms with E-state index in [1.807, 2.05) is 12.3 Å². The molecule has 1 aliphatic carbocycles. The fourth-order valence-electron chi connectivity index (χ4n) is 2.54.